The number of benzene rings is 1. The van der Waals surface area contributed by atoms with E-state index in [0.717, 1.165) is 31.9 Å². The van der Waals surface area contributed by atoms with Gasteiger partial charge in [-0.05, 0) is 48.6 Å². The van der Waals surface area contributed by atoms with Gasteiger partial charge in [-0.1, -0.05) is 17.7 Å². The molecule has 0 unspecified atom stereocenters. The molecule has 4 nitrogen and oxygen atoms in total. The number of thiophene rings is 1. The predicted molar refractivity (Wildman–Crippen MR) is 103 cm³/mol. The van der Waals surface area contributed by atoms with Gasteiger partial charge in [-0.2, -0.15) is 5.10 Å². The summed E-state index contributed by atoms with van der Waals surface area (Å²) in [6.45, 7) is 7.77. The molecule has 0 fully saturated rings. The highest BCUT2D eigenvalue weighted by atomic mass is 32.1. The number of nitrogens with zero attached hydrogens (tertiary/aromatic N) is 3. The second-order valence-electron chi connectivity index (χ2n) is 6.31. The molecule has 2 aromatic heterocycles. The molecule has 0 spiro atoms. The van der Waals surface area contributed by atoms with E-state index in [1.807, 2.05) is 34.5 Å². The number of aromatic nitrogens is 2. The zero-order valence-corrected chi connectivity index (χ0v) is 15.9. The van der Waals surface area contributed by atoms with Gasteiger partial charge in [0.05, 0.1) is 12.3 Å². The molecule has 0 bridgehead atoms. The van der Waals surface area contributed by atoms with Crippen LogP contribution in [-0.4, -0.2) is 34.9 Å². The Hall–Kier alpha value is -1.95. The summed E-state index contributed by atoms with van der Waals surface area (Å²) in [7, 11) is 1.76. The van der Waals surface area contributed by atoms with Crippen LogP contribution in [0.2, 0.25) is 0 Å². The lowest BCUT2D eigenvalue weighted by atomic mass is 10.1. The fourth-order valence-electron chi connectivity index (χ4n) is 2.92. The molecule has 0 radical (unpaired) electrons. The van der Waals surface area contributed by atoms with Crippen molar-refractivity contribution in [2.24, 2.45) is 0 Å². The second-order valence-corrected chi connectivity index (χ2v) is 7.31. The number of ether oxygens (including phenoxy) is 1. The number of hydrogen-bond acceptors (Lipinski definition) is 4. The Balaban J connectivity index is 1.85. The molecule has 2 heterocycles. The topological polar surface area (TPSA) is 30.3 Å². The van der Waals surface area contributed by atoms with E-state index in [1.54, 1.807) is 7.11 Å². The molecule has 0 saturated heterocycles. The highest BCUT2D eigenvalue weighted by molar-refractivity contribution is 7.10. The molecule has 0 aliphatic heterocycles. The summed E-state index contributed by atoms with van der Waals surface area (Å²) in [5, 5.41) is 6.58. The standard InChI is InChI=1S/C20H25N3OS/c1-16-5-6-19(23-9-4-8-21-23)18(13-16)14-22(10-11-24-3)15-20-17(2)7-12-25-20/h4-9,12-13H,10-11,14-15H2,1-3H3. The van der Waals surface area contributed by atoms with Gasteiger partial charge in [0, 0.05) is 44.0 Å². The third kappa shape index (κ3) is 4.57. The zero-order valence-electron chi connectivity index (χ0n) is 15.1. The van der Waals surface area contributed by atoms with Crippen molar-refractivity contribution in [3.8, 4) is 5.69 Å². The summed E-state index contributed by atoms with van der Waals surface area (Å²) in [5.41, 5.74) is 5.06. The van der Waals surface area contributed by atoms with Crippen molar-refractivity contribution in [1.82, 2.24) is 14.7 Å². The summed E-state index contributed by atoms with van der Waals surface area (Å²) in [4.78, 5) is 3.87. The molecule has 132 valence electrons. The molecule has 0 aliphatic rings. The van der Waals surface area contributed by atoms with E-state index < -0.39 is 0 Å². The average molecular weight is 356 g/mol. The second kappa shape index (κ2) is 8.43. The van der Waals surface area contributed by atoms with Crippen LogP contribution in [0.15, 0.2) is 48.1 Å². The number of hydrogen-bond donors (Lipinski definition) is 0. The van der Waals surface area contributed by atoms with Crippen LogP contribution in [0.25, 0.3) is 5.69 Å². The first-order valence-electron chi connectivity index (χ1n) is 8.51. The summed E-state index contributed by atoms with van der Waals surface area (Å²) >= 11 is 1.83. The van der Waals surface area contributed by atoms with Crippen molar-refractivity contribution in [2.45, 2.75) is 26.9 Å². The predicted octanol–water partition coefficient (Wildman–Crippen LogP) is 4.20. The van der Waals surface area contributed by atoms with Crippen LogP contribution in [-0.2, 0) is 17.8 Å². The SMILES string of the molecule is COCCN(Cc1cc(C)ccc1-n1cccn1)Cc1sccc1C. The Bertz CT molecular complexity index is 795. The minimum atomic E-state index is 0.730. The Morgan fingerprint density at radius 3 is 2.76 bits per heavy atom. The summed E-state index contributed by atoms with van der Waals surface area (Å²) < 4.78 is 7.27. The van der Waals surface area contributed by atoms with Gasteiger partial charge in [0.15, 0.2) is 0 Å². The first kappa shape index (κ1) is 17.9. The minimum absolute atomic E-state index is 0.730. The normalized spacial score (nSPS) is 11.4. The molecule has 3 rings (SSSR count). The van der Waals surface area contributed by atoms with Crippen LogP contribution in [0.1, 0.15) is 21.6 Å². The lowest BCUT2D eigenvalue weighted by molar-refractivity contribution is 0.140. The molecule has 0 aliphatic carbocycles. The molecule has 0 amide bonds. The maximum Gasteiger partial charge on any atom is 0.0690 e. The molecule has 25 heavy (non-hydrogen) atoms. The lowest BCUT2D eigenvalue weighted by Gasteiger charge is -2.23. The highest BCUT2D eigenvalue weighted by Gasteiger charge is 2.13. The van der Waals surface area contributed by atoms with Gasteiger partial charge < -0.3 is 4.74 Å². The summed E-state index contributed by atoms with van der Waals surface area (Å²) in [6.07, 6.45) is 3.82. The highest BCUT2D eigenvalue weighted by Crippen LogP contribution is 2.22. The molecule has 3 aromatic rings. The largest absolute Gasteiger partial charge is 0.383 e. The van der Waals surface area contributed by atoms with Crippen molar-refractivity contribution in [2.75, 3.05) is 20.3 Å². The van der Waals surface area contributed by atoms with E-state index in [-0.39, 0.29) is 0 Å². The van der Waals surface area contributed by atoms with Crippen molar-refractivity contribution < 1.29 is 4.74 Å². The van der Waals surface area contributed by atoms with E-state index in [9.17, 15) is 0 Å². The molecule has 0 saturated carbocycles. The summed E-state index contributed by atoms with van der Waals surface area (Å²) in [6, 6.07) is 10.7. The maximum absolute atomic E-state index is 5.33. The third-order valence-corrected chi connectivity index (χ3v) is 5.33. The third-order valence-electron chi connectivity index (χ3n) is 4.33. The van der Waals surface area contributed by atoms with Crippen LogP contribution in [0.4, 0.5) is 0 Å². The van der Waals surface area contributed by atoms with Crippen LogP contribution in [0.3, 0.4) is 0 Å². The quantitative estimate of drug-likeness (QED) is 0.607. The first-order chi connectivity index (χ1) is 12.2. The van der Waals surface area contributed by atoms with Crippen LogP contribution in [0, 0.1) is 13.8 Å². The molecule has 0 N–H and O–H groups in total. The number of rotatable bonds is 8. The van der Waals surface area contributed by atoms with Crippen molar-refractivity contribution in [3.63, 3.8) is 0 Å². The van der Waals surface area contributed by atoms with Gasteiger partial charge in [-0.3, -0.25) is 4.90 Å². The van der Waals surface area contributed by atoms with E-state index in [2.05, 4.69) is 53.5 Å². The zero-order chi connectivity index (χ0) is 17.6. The van der Waals surface area contributed by atoms with E-state index in [1.165, 1.54) is 21.6 Å². The van der Waals surface area contributed by atoms with Crippen LogP contribution >= 0.6 is 11.3 Å². The van der Waals surface area contributed by atoms with Gasteiger partial charge >= 0.3 is 0 Å². The smallest absolute Gasteiger partial charge is 0.0690 e. The Labute approximate surface area is 153 Å². The first-order valence-corrected chi connectivity index (χ1v) is 9.39. The summed E-state index contributed by atoms with van der Waals surface area (Å²) in [5.74, 6) is 0. The monoisotopic (exact) mass is 355 g/mol. The average Bonchev–Trinajstić information content (AvgIpc) is 3.25. The van der Waals surface area contributed by atoms with Gasteiger partial charge in [-0.15, -0.1) is 11.3 Å². The lowest BCUT2D eigenvalue weighted by Crippen LogP contribution is -2.27. The van der Waals surface area contributed by atoms with Gasteiger partial charge in [-0.25, -0.2) is 4.68 Å². The van der Waals surface area contributed by atoms with Gasteiger partial charge in [0.2, 0.25) is 0 Å². The van der Waals surface area contributed by atoms with Crippen LogP contribution < -0.4 is 0 Å². The number of aryl methyl sites for hydroxylation is 2. The maximum atomic E-state index is 5.33. The molecular weight excluding hydrogens is 330 g/mol. The fourth-order valence-corrected chi connectivity index (χ4v) is 3.87. The van der Waals surface area contributed by atoms with Gasteiger partial charge in [0.1, 0.15) is 0 Å². The van der Waals surface area contributed by atoms with Crippen molar-refractivity contribution in [3.05, 3.63) is 69.7 Å². The van der Waals surface area contributed by atoms with E-state index in [4.69, 9.17) is 4.74 Å². The van der Waals surface area contributed by atoms with E-state index >= 15 is 0 Å². The minimum Gasteiger partial charge on any atom is -0.383 e. The van der Waals surface area contributed by atoms with Gasteiger partial charge in [0.25, 0.3) is 0 Å². The molecule has 5 heteroatoms. The Kier molecular flexibility index (Phi) is 6.02. The molecular formula is C20H25N3OS. The Morgan fingerprint density at radius 2 is 2.08 bits per heavy atom. The molecule has 1 aromatic carbocycles. The number of methoxy groups -OCH3 is 1. The molecule has 0 atom stereocenters. The van der Waals surface area contributed by atoms with Crippen LogP contribution in [0.5, 0.6) is 0 Å². The Morgan fingerprint density at radius 1 is 1.20 bits per heavy atom. The van der Waals surface area contributed by atoms with Crippen molar-refractivity contribution in [1.29, 1.82) is 0 Å². The fraction of sp³-hybridized carbons (Fsp3) is 0.350. The van der Waals surface area contributed by atoms with Crippen molar-refractivity contribution >= 4 is 11.3 Å². The van der Waals surface area contributed by atoms with E-state index in [0.29, 0.717) is 0 Å².